The van der Waals surface area contributed by atoms with Gasteiger partial charge in [-0.1, -0.05) is 6.07 Å². The molecule has 1 fully saturated rings. The van der Waals surface area contributed by atoms with E-state index in [2.05, 4.69) is 29.9 Å². The number of fused-ring (bicyclic) bond motifs is 1. The molecular weight excluding hydrogens is 228 g/mol. The molecule has 0 aromatic heterocycles. The van der Waals surface area contributed by atoms with Gasteiger partial charge in [0.25, 0.3) is 0 Å². The maximum atomic E-state index is 5.60. The van der Waals surface area contributed by atoms with Crippen molar-refractivity contribution in [3.8, 4) is 11.5 Å². The SMILES string of the molecule is CC1CC(CCc2ccc3c(c2)OCCO3)NN1. The van der Waals surface area contributed by atoms with Crippen molar-refractivity contribution in [1.29, 1.82) is 0 Å². The van der Waals surface area contributed by atoms with E-state index in [4.69, 9.17) is 9.47 Å². The first-order valence-electron chi connectivity index (χ1n) is 6.71. The highest BCUT2D eigenvalue weighted by Crippen LogP contribution is 2.31. The molecule has 4 nitrogen and oxygen atoms in total. The first-order chi connectivity index (χ1) is 8.81. The van der Waals surface area contributed by atoms with Crippen LogP contribution in [0, 0.1) is 0 Å². The monoisotopic (exact) mass is 248 g/mol. The second-order valence-electron chi connectivity index (χ2n) is 5.14. The largest absolute Gasteiger partial charge is 0.486 e. The van der Waals surface area contributed by atoms with Gasteiger partial charge in [-0.3, -0.25) is 10.9 Å². The average Bonchev–Trinajstić information content (AvgIpc) is 2.82. The van der Waals surface area contributed by atoms with Crippen LogP contribution in [0.2, 0.25) is 0 Å². The van der Waals surface area contributed by atoms with Gasteiger partial charge in [-0.05, 0) is 43.9 Å². The number of hydrogen-bond acceptors (Lipinski definition) is 4. The number of rotatable bonds is 3. The van der Waals surface area contributed by atoms with Crippen LogP contribution < -0.4 is 20.3 Å². The fourth-order valence-electron chi connectivity index (χ4n) is 2.58. The third kappa shape index (κ3) is 2.60. The average molecular weight is 248 g/mol. The molecule has 1 aromatic rings. The van der Waals surface area contributed by atoms with Crippen molar-refractivity contribution in [1.82, 2.24) is 10.9 Å². The lowest BCUT2D eigenvalue weighted by molar-refractivity contribution is 0.171. The van der Waals surface area contributed by atoms with Crippen LogP contribution in [0.4, 0.5) is 0 Å². The Balaban J connectivity index is 1.59. The molecule has 0 amide bonds. The van der Waals surface area contributed by atoms with E-state index >= 15 is 0 Å². The summed E-state index contributed by atoms with van der Waals surface area (Å²) in [4.78, 5) is 0. The summed E-state index contributed by atoms with van der Waals surface area (Å²) in [7, 11) is 0. The van der Waals surface area contributed by atoms with Gasteiger partial charge in [0.15, 0.2) is 11.5 Å². The second kappa shape index (κ2) is 5.16. The summed E-state index contributed by atoms with van der Waals surface area (Å²) in [6.45, 7) is 3.51. The van der Waals surface area contributed by atoms with E-state index < -0.39 is 0 Å². The molecule has 18 heavy (non-hydrogen) atoms. The fraction of sp³-hybridized carbons (Fsp3) is 0.571. The zero-order chi connectivity index (χ0) is 12.4. The summed E-state index contributed by atoms with van der Waals surface area (Å²) >= 11 is 0. The Labute approximate surface area is 108 Å². The molecule has 0 spiro atoms. The smallest absolute Gasteiger partial charge is 0.161 e. The van der Waals surface area contributed by atoms with Gasteiger partial charge in [0, 0.05) is 12.1 Å². The number of ether oxygens (including phenoxy) is 2. The Bertz CT molecular complexity index is 422. The Morgan fingerprint density at radius 3 is 2.78 bits per heavy atom. The lowest BCUT2D eigenvalue weighted by Crippen LogP contribution is -2.32. The third-order valence-electron chi connectivity index (χ3n) is 3.56. The van der Waals surface area contributed by atoms with Crippen LogP contribution in [0.5, 0.6) is 11.5 Å². The summed E-state index contributed by atoms with van der Waals surface area (Å²) in [6, 6.07) is 7.43. The van der Waals surface area contributed by atoms with E-state index in [0.29, 0.717) is 25.3 Å². The van der Waals surface area contributed by atoms with Crippen molar-refractivity contribution in [3.05, 3.63) is 23.8 Å². The summed E-state index contributed by atoms with van der Waals surface area (Å²) in [5.74, 6) is 1.77. The van der Waals surface area contributed by atoms with Crippen molar-refractivity contribution < 1.29 is 9.47 Å². The number of nitrogens with one attached hydrogen (secondary N) is 2. The molecule has 2 aliphatic heterocycles. The molecule has 4 heteroatoms. The highest BCUT2D eigenvalue weighted by molar-refractivity contribution is 5.43. The maximum absolute atomic E-state index is 5.60. The van der Waals surface area contributed by atoms with E-state index in [0.717, 1.165) is 24.3 Å². The number of hydrogen-bond donors (Lipinski definition) is 2. The molecule has 1 saturated heterocycles. The summed E-state index contributed by atoms with van der Waals surface area (Å²) in [5, 5.41) is 0. The lowest BCUT2D eigenvalue weighted by atomic mass is 10.0. The predicted molar refractivity (Wildman–Crippen MR) is 69.9 cm³/mol. The van der Waals surface area contributed by atoms with Crippen LogP contribution in [-0.4, -0.2) is 25.3 Å². The van der Waals surface area contributed by atoms with Crippen LogP contribution in [-0.2, 0) is 6.42 Å². The minimum atomic E-state index is 0.577. The minimum Gasteiger partial charge on any atom is -0.486 e. The zero-order valence-corrected chi connectivity index (χ0v) is 10.7. The molecule has 98 valence electrons. The van der Waals surface area contributed by atoms with Gasteiger partial charge in [-0.25, -0.2) is 0 Å². The predicted octanol–water partition coefficient (Wildman–Crippen LogP) is 1.65. The van der Waals surface area contributed by atoms with Crippen molar-refractivity contribution in [2.75, 3.05) is 13.2 Å². The van der Waals surface area contributed by atoms with Crippen LogP contribution in [0.25, 0.3) is 0 Å². The summed E-state index contributed by atoms with van der Waals surface area (Å²) in [6.07, 6.45) is 3.42. The molecule has 0 saturated carbocycles. The van der Waals surface area contributed by atoms with Gasteiger partial charge in [0.05, 0.1) is 0 Å². The Morgan fingerprint density at radius 2 is 2.00 bits per heavy atom. The molecule has 0 radical (unpaired) electrons. The van der Waals surface area contributed by atoms with Crippen LogP contribution in [0.3, 0.4) is 0 Å². The fourth-order valence-corrected chi connectivity index (χ4v) is 2.58. The van der Waals surface area contributed by atoms with Gasteiger partial charge in [-0.15, -0.1) is 0 Å². The Morgan fingerprint density at radius 1 is 1.17 bits per heavy atom. The van der Waals surface area contributed by atoms with Gasteiger partial charge < -0.3 is 9.47 Å². The van der Waals surface area contributed by atoms with Crippen molar-refractivity contribution >= 4 is 0 Å². The molecule has 2 heterocycles. The maximum Gasteiger partial charge on any atom is 0.161 e. The van der Waals surface area contributed by atoms with Crippen molar-refractivity contribution in [2.45, 2.75) is 38.3 Å². The molecule has 2 unspecified atom stereocenters. The van der Waals surface area contributed by atoms with E-state index in [1.807, 2.05) is 6.07 Å². The molecule has 0 aliphatic carbocycles. The van der Waals surface area contributed by atoms with Crippen molar-refractivity contribution in [2.24, 2.45) is 0 Å². The van der Waals surface area contributed by atoms with E-state index in [-0.39, 0.29) is 0 Å². The first kappa shape index (κ1) is 11.8. The second-order valence-corrected chi connectivity index (χ2v) is 5.14. The van der Waals surface area contributed by atoms with E-state index in [9.17, 15) is 0 Å². The zero-order valence-electron chi connectivity index (χ0n) is 10.7. The number of hydrazine groups is 1. The first-order valence-corrected chi connectivity index (χ1v) is 6.71. The Hall–Kier alpha value is -1.26. The van der Waals surface area contributed by atoms with Gasteiger partial charge in [-0.2, -0.15) is 0 Å². The number of benzene rings is 1. The number of aryl methyl sites for hydroxylation is 1. The molecule has 2 atom stereocenters. The molecular formula is C14H20N2O2. The topological polar surface area (TPSA) is 42.5 Å². The molecule has 0 bridgehead atoms. The van der Waals surface area contributed by atoms with Crippen molar-refractivity contribution in [3.63, 3.8) is 0 Å². The standard InChI is InChI=1S/C14H20N2O2/c1-10-8-12(16-15-10)4-2-11-3-5-13-14(9-11)18-7-6-17-13/h3,5,9-10,12,15-16H,2,4,6-8H2,1H3. The normalized spacial score (nSPS) is 26.3. The highest BCUT2D eigenvalue weighted by Gasteiger charge is 2.20. The Kier molecular flexibility index (Phi) is 3.39. The minimum absolute atomic E-state index is 0.577. The quantitative estimate of drug-likeness (QED) is 0.853. The van der Waals surface area contributed by atoms with Crippen LogP contribution >= 0.6 is 0 Å². The van der Waals surface area contributed by atoms with Crippen LogP contribution in [0.1, 0.15) is 25.3 Å². The molecule has 1 aromatic carbocycles. The van der Waals surface area contributed by atoms with E-state index in [1.54, 1.807) is 0 Å². The van der Waals surface area contributed by atoms with E-state index in [1.165, 1.54) is 12.0 Å². The van der Waals surface area contributed by atoms with Crippen LogP contribution in [0.15, 0.2) is 18.2 Å². The molecule has 2 N–H and O–H groups in total. The van der Waals surface area contributed by atoms with Gasteiger partial charge in [0.2, 0.25) is 0 Å². The molecule has 2 aliphatic rings. The lowest BCUT2D eigenvalue weighted by Gasteiger charge is -2.19. The third-order valence-corrected chi connectivity index (χ3v) is 3.56. The summed E-state index contributed by atoms with van der Waals surface area (Å²) < 4.78 is 11.1. The molecule has 3 rings (SSSR count). The van der Waals surface area contributed by atoms with Gasteiger partial charge >= 0.3 is 0 Å². The van der Waals surface area contributed by atoms with Gasteiger partial charge in [0.1, 0.15) is 13.2 Å². The highest BCUT2D eigenvalue weighted by atomic mass is 16.6. The summed E-state index contributed by atoms with van der Waals surface area (Å²) in [5.41, 5.74) is 7.91.